The van der Waals surface area contributed by atoms with Gasteiger partial charge in [-0.2, -0.15) is 5.26 Å². The molecule has 0 radical (unpaired) electrons. The molecule has 2 rings (SSSR count). The molecule has 78 valence electrons. The van der Waals surface area contributed by atoms with Gasteiger partial charge in [-0.1, -0.05) is 30.3 Å². The summed E-state index contributed by atoms with van der Waals surface area (Å²) in [7, 11) is 0. The normalized spacial score (nSPS) is 19.7. The van der Waals surface area contributed by atoms with Crippen LogP contribution in [0.3, 0.4) is 0 Å². The topological polar surface area (TPSA) is 65.2 Å². The first-order valence-electron chi connectivity index (χ1n) is 4.61. The smallest absolute Gasteiger partial charge is 0.249 e. The van der Waals surface area contributed by atoms with Crippen LogP contribution in [0.5, 0.6) is 0 Å². The second kappa shape index (κ2) is 4.21. The number of carbonyl (C=O) groups is 1. The Morgan fingerprint density at radius 2 is 2.06 bits per heavy atom. The molecule has 1 N–H and O–H groups in total. The van der Waals surface area contributed by atoms with Crippen molar-refractivity contribution in [2.75, 3.05) is 0 Å². The zero-order valence-electron chi connectivity index (χ0n) is 8.18. The lowest BCUT2D eigenvalue weighted by Crippen LogP contribution is -2.42. The van der Waals surface area contributed by atoms with Crippen molar-refractivity contribution in [1.29, 1.82) is 5.26 Å². The van der Waals surface area contributed by atoms with Crippen molar-refractivity contribution in [2.24, 2.45) is 10.9 Å². The predicted octanol–water partition coefficient (Wildman–Crippen LogP) is 1.03. The highest BCUT2D eigenvalue weighted by atomic mass is 32.1. The lowest BCUT2D eigenvalue weighted by Gasteiger charge is -2.17. The van der Waals surface area contributed by atoms with Crippen LogP contribution in [-0.4, -0.2) is 16.7 Å². The monoisotopic (exact) mass is 229 g/mol. The minimum atomic E-state index is -0.894. The maximum absolute atomic E-state index is 11.5. The second-order valence-electron chi connectivity index (χ2n) is 3.22. The van der Waals surface area contributed by atoms with Gasteiger partial charge < -0.3 is 0 Å². The van der Waals surface area contributed by atoms with Gasteiger partial charge >= 0.3 is 0 Å². The summed E-state index contributed by atoms with van der Waals surface area (Å²) in [5, 5.41) is 11.4. The third kappa shape index (κ3) is 1.83. The number of hydrogen-bond donors (Lipinski definition) is 1. The van der Waals surface area contributed by atoms with Crippen molar-refractivity contribution >= 4 is 28.9 Å². The number of carbonyl (C=O) groups excluding carboxylic acids is 1. The summed E-state index contributed by atoms with van der Waals surface area (Å²) in [6, 6.07) is 11.0. The van der Waals surface area contributed by atoms with Crippen molar-refractivity contribution in [1.82, 2.24) is 5.32 Å². The van der Waals surface area contributed by atoms with Crippen molar-refractivity contribution < 1.29 is 4.79 Å². The molecule has 0 fully saturated rings. The minimum Gasteiger partial charge on any atom is -0.300 e. The first-order chi connectivity index (χ1) is 7.72. The molecule has 1 aromatic carbocycles. The second-order valence-corrected chi connectivity index (χ2v) is 3.61. The fourth-order valence-corrected chi connectivity index (χ4v) is 1.66. The third-order valence-corrected chi connectivity index (χ3v) is 2.38. The van der Waals surface area contributed by atoms with Crippen LogP contribution in [0.1, 0.15) is 5.56 Å². The van der Waals surface area contributed by atoms with E-state index in [1.807, 2.05) is 24.3 Å². The molecule has 1 aromatic rings. The lowest BCUT2D eigenvalue weighted by molar-refractivity contribution is -0.120. The predicted molar refractivity (Wildman–Crippen MR) is 62.8 cm³/mol. The molecule has 1 unspecified atom stereocenters. The molecule has 1 atom stereocenters. The van der Waals surface area contributed by atoms with Gasteiger partial charge in [-0.25, -0.2) is 4.99 Å². The molecule has 0 aromatic heterocycles. The molecular formula is C11H7N3OS. The van der Waals surface area contributed by atoms with Crippen molar-refractivity contribution in [3.05, 3.63) is 35.9 Å². The van der Waals surface area contributed by atoms with Crippen LogP contribution in [-0.2, 0) is 4.79 Å². The molecule has 1 aliphatic heterocycles. The summed E-state index contributed by atoms with van der Waals surface area (Å²) in [5.74, 6) is -1.31. The van der Waals surface area contributed by atoms with Crippen molar-refractivity contribution in [2.45, 2.75) is 0 Å². The maximum Gasteiger partial charge on any atom is 0.249 e. The molecule has 5 heteroatoms. The molecule has 0 saturated heterocycles. The zero-order valence-corrected chi connectivity index (χ0v) is 8.99. The Morgan fingerprint density at radius 3 is 2.69 bits per heavy atom. The number of benzene rings is 1. The molecule has 1 amide bonds. The molecule has 1 heterocycles. The summed E-state index contributed by atoms with van der Waals surface area (Å²) in [6.45, 7) is 0. The number of nitriles is 1. The maximum atomic E-state index is 11.5. The number of aliphatic imine (C=N–C) groups is 1. The van der Waals surface area contributed by atoms with E-state index < -0.39 is 11.8 Å². The van der Waals surface area contributed by atoms with E-state index in [0.29, 0.717) is 5.71 Å². The Kier molecular flexibility index (Phi) is 2.75. The van der Waals surface area contributed by atoms with Gasteiger partial charge in [-0.05, 0) is 17.8 Å². The molecule has 0 bridgehead atoms. The summed E-state index contributed by atoms with van der Waals surface area (Å²) in [5.41, 5.74) is 1.16. The van der Waals surface area contributed by atoms with Crippen LogP contribution in [0.15, 0.2) is 35.3 Å². The van der Waals surface area contributed by atoms with Crippen molar-refractivity contribution in [3.8, 4) is 6.07 Å². The van der Waals surface area contributed by atoms with Crippen LogP contribution < -0.4 is 5.32 Å². The van der Waals surface area contributed by atoms with Gasteiger partial charge in [0, 0.05) is 0 Å². The van der Waals surface area contributed by atoms with Crippen LogP contribution in [0.2, 0.25) is 0 Å². The van der Waals surface area contributed by atoms with E-state index in [4.69, 9.17) is 17.5 Å². The molecule has 16 heavy (non-hydrogen) atoms. The van der Waals surface area contributed by atoms with Crippen LogP contribution >= 0.6 is 12.2 Å². The van der Waals surface area contributed by atoms with Crippen LogP contribution in [0.4, 0.5) is 0 Å². The van der Waals surface area contributed by atoms with Gasteiger partial charge in [0.05, 0.1) is 11.8 Å². The first-order valence-corrected chi connectivity index (χ1v) is 5.01. The quantitative estimate of drug-likeness (QED) is 0.731. The summed E-state index contributed by atoms with van der Waals surface area (Å²) in [4.78, 5) is 15.6. The third-order valence-electron chi connectivity index (χ3n) is 2.19. The van der Waals surface area contributed by atoms with Gasteiger partial charge in [-0.3, -0.25) is 10.1 Å². The van der Waals surface area contributed by atoms with Gasteiger partial charge in [0.2, 0.25) is 5.91 Å². The number of rotatable bonds is 1. The Balaban J connectivity index is 2.50. The highest BCUT2D eigenvalue weighted by Gasteiger charge is 2.30. The molecule has 4 nitrogen and oxygen atoms in total. The van der Waals surface area contributed by atoms with Crippen LogP contribution in [0, 0.1) is 17.2 Å². The average molecular weight is 229 g/mol. The molecular weight excluding hydrogens is 222 g/mol. The van der Waals surface area contributed by atoms with Gasteiger partial charge in [-0.15, -0.1) is 0 Å². The summed E-state index contributed by atoms with van der Waals surface area (Å²) < 4.78 is 0. The van der Waals surface area contributed by atoms with Crippen molar-refractivity contribution in [3.63, 3.8) is 0 Å². The van der Waals surface area contributed by atoms with Gasteiger partial charge in [0.1, 0.15) is 0 Å². The Morgan fingerprint density at radius 1 is 1.38 bits per heavy atom. The molecule has 1 aliphatic rings. The largest absolute Gasteiger partial charge is 0.300 e. The summed E-state index contributed by atoms with van der Waals surface area (Å²) in [6.07, 6.45) is 0. The molecule has 0 aliphatic carbocycles. The SMILES string of the molecule is N#CC1C(=O)NC(=S)N=C1c1ccccc1. The number of thiocarbonyl (C=S) groups is 1. The molecule has 0 saturated carbocycles. The number of nitrogens with zero attached hydrogens (tertiary/aromatic N) is 2. The minimum absolute atomic E-state index is 0.107. The summed E-state index contributed by atoms with van der Waals surface area (Å²) >= 11 is 4.83. The zero-order chi connectivity index (χ0) is 11.5. The average Bonchev–Trinajstić information content (AvgIpc) is 2.29. The van der Waals surface area contributed by atoms with Gasteiger partial charge in [0.15, 0.2) is 11.0 Å². The number of nitrogens with one attached hydrogen (secondary N) is 1. The fraction of sp³-hybridized carbons (Fsp3) is 0.0909. The lowest BCUT2D eigenvalue weighted by atomic mass is 9.96. The van der Waals surface area contributed by atoms with E-state index in [1.54, 1.807) is 12.1 Å². The van der Waals surface area contributed by atoms with E-state index in [2.05, 4.69) is 10.3 Å². The van der Waals surface area contributed by atoms with Gasteiger partial charge in [0.25, 0.3) is 0 Å². The van der Waals surface area contributed by atoms with E-state index in [1.165, 1.54) is 0 Å². The Bertz CT molecular complexity index is 516. The van der Waals surface area contributed by atoms with E-state index in [0.717, 1.165) is 5.56 Å². The molecule has 0 spiro atoms. The standard InChI is InChI=1S/C11H7N3OS/c12-6-8-9(7-4-2-1-3-5-7)13-11(16)14-10(8)15/h1-5,8H,(H,14,15,16). The van der Waals surface area contributed by atoms with E-state index >= 15 is 0 Å². The highest BCUT2D eigenvalue weighted by molar-refractivity contribution is 7.80. The van der Waals surface area contributed by atoms with Crippen LogP contribution in [0.25, 0.3) is 0 Å². The first kappa shape index (κ1) is 10.5. The highest BCUT2D eigenvalue weighted by Crippen LogP contribution is 2.13. The number of hydrogen-bond acceptors (Lipinski definition) is 3. The van der Waals surface area contributed by atoms with E-state index in [-0.39, 0.29) is 5.11 Å². The Hall–Kier alpha value is -2.06. The Labute approximate surface area is 97.6 Å². The number of amides is 1. The van der Waals surface area contributed by atoms with E-state index in [9.17, 15) is 4.79 Å². The fourth-order valence-electron chi connectivity index (χ4n) is 1.46.